The first-order valence-corrected chi connectivity index (χ1v) is 4.75. The van der Waals surface area contributed by atoms with Gasteiger partial charge in [-0.15, -0.1) is 0 Å². The zero-order valence-corrected chi connectivity index (χ0v) is 8.63. The lowest BCUT2D eigenvalue weighted by atomic mass is 10.2. The van der Waals surface area contributed by atoms with Gasteiger partial charge in [-0.1, -0.05) is 41.4 Å². The van der Waals surface area contributed by atoms with E-state index in [1.807, 2.05) is 24.3 Å². The van der Waals surface area contributed by atoms with Crippen molar-refractivity contribution in [3.05, 3.63) is 46.8 Å². The summed E-state index contributed by atoms with van der Waals surface area (Å²) in [6.07, 6.45) is 3.10. The molecule has 2 nitrogen and oxygen atoms in total. The number of hydrogen-bond donors (Lipinski definition) is 0. The Morgan fingerprint density at radius 3 is 2.36 bits per heavy atom. The molecule has 0 saturated carbocycles. The highest BCUT2D eigenvalue weighted by molar-refractivity contribution is 6.33. The number of aromatic nitrogens is 2. The molecule has 0 saturated heterocycles. The third-order valence-electron chi connectivity index (χ3n) is 1.77. The molecule has 0 aliphatic heterocycles. The zero-order chi connectivity index (χ0) is 9.97. The minimum Gasteiger partial charge on any atom is -0.251 e. The van der Waals surface area contributed by atoms with Gasteiger partial charge in [-0.05, 0) is 6.07 Å². The van der Waals surface area contributed by atoms with Crippen LogP contribution in [0.15, 0.2) is 36.7 Å². The molecule has 14 heavy (non-hydrogen) atoms. The second-order valence-electron chi connectivity index (χ2n) is 2.70. The predicted octanol–water partition coefficient (Wildman–Crippen LogP) is 3.45. The highest BCUT2D eigenvalue weighted by atomic mass is 35.5. The third kappa shape index (κ3) is 1.86. The van der Waals surface area contributed by atoms with E-state index in [2.05, 4.69) is 9.97 Å². The lowest BCUT2D eigenvalue weighted by Crippen LogP contribution is -1.86. The van der Waals surface area contributed by atoms with Crippen LogP contribution in [0.1, 0.15) is 0 Å². The molecule has 0 radical (unpaired) electrons. The van der Waals surface area contributed by atoms with E-state index >= 15 is 0 Å². The highest BCUT2D eigenvalue weighted by Crippen LogP contribution is 2.25. The first kappa shape index (κ1) is 9.44. The van der Waals surface area contributed by atoms with Crippen molar-refractivity contribution >= 4 is 23.2 Å². The van der Waals surface area contributed by atoms with E-state index in [1.165, 1.54) is 6.20 Å². The summed E-state index contributed by atoms with van der Waals surface area (Å²) in [6, 6.07) is 7.47. The van der Waals surface area contributed by atoms with Gasteiger partial charge in [0.25, 0.3) is 0 Å². The summed E-state index contributed by atoms with van der Waals surface area (Å²) in [5.74, 6) is 0. The van der Waals surface area contributed by atoms with Gasteiger partial charge in [0.15, 0.2) is 0 Å². The molecule has 0 aliphatic rings. The Balaban J connectivity index is 2.50. The fourth-order valence-corrected chi connectivity index (χ4v) is 1.45. The van der Waals surface area contributed by atoms with Crippen LogP contribution in [0.5, 0.6) is 0 Å². The maximum absolute atomic E-state index is 6.00. The monoisotopic (exact) mass is 224 g/mol. The maximum Gasteiger partial charge on any atom is 0.147 e. The van der Waals surface area contributed by atoms with Crippen molar-refractivity contribution in [1.29, 1.82) is 0 Å². The van der Waals surface area contributed by atoms with E-state index in [1.54, 1.807) is 6.20 Å². The van der Waals surface area contributed by atoms with Crippen molar-refractivity contribution in [2.24, 2.45) is 0 Å². The van der Waals surface area contributed by atoms with E-state index in [0.717, 1.165) is 11.3 Å². The predicted molar refractivity (Wildman–Crippen MR) is 57.5 cm³/mol. The summed E-state index contributed by atoms with van der Waals surface area (Å²) >= 11 is 11.6. The molecule has 0 atom stereocenters. The Bertz CT molecular complexity index is 440. The minimum atomic E-state index is 0.376. The second-order valence-corrected chi connectivity index (χ2v) is 3.50. The van der Waals surface area contributed by atoms with Gasteiger partial charge in [0, 0.05) is 5.56 Å². The van der Waals surface area contributed by atoms with Gasteiger partial charge in [-0.2, -0.15) is 0 Å². The van der Waals surface area contributed by atoms with E-state index in [4.69, 9.17) is 23.2 Å². The molecule has 0 unspecified atom stereocenters. The molecule has 2 aromatic rings. The third-order valence-corrected chi connectivity index (χ3v) is 2.29. The van der Waals surface area contributed by atoms with Crippen molar-refractivity contribution in [2.45, 2.75) is 0 Å². The fraction of sp³-hybridized carbons (Fsp3) is 0. The van der Waals surface area contributed by atoms with Crippen molar-refractivity contribution in [3.63, 3.8) is 0 Å². The zero-order valence-electron chi connectivity index (χ0n) is 7.11. The van der Waals surface area contributed by atoms with Crippen LogP contribution in [0.3, 0.4) is 0 Å². The van der Waals surface area contributed by atoms with Crippen molar-refractivity contribution in [2.75, 3.05) is 0 Å². The van der Waals surface area contributed by atoms with Gasteiger partial charge in [-0.25, -0.2) is 4.98 Å². The van der Waals surface area contributed by atoms with Crippen LogP contribution in [0, 0.1) is 0 Å². The average Bonchev–Trinajstić information content (AvgIpc) is 2.20. The molecule has 70 valence electrons. The largest absolute Gasteiger partial charge is 0.251 e. The molecule has 2 rings (SSSR count). The van der Waals surface area contributed by atoms with Crippen molar-refractivity contribution < 1.29 is 0 Å². The summed E-state index contributed by atoms with van der Waals surface area (Å²) in [6.45, 7) is 0. The van der Waals surface area contributed by atoms with Gasteiger partial charge in [-0.3, -0.25) is 4.98 Å². The molecule has 0 fully saturated rings. The molecular formula is C10H6Cl2N2. The molecule has 1 aromatic carbocycles. The number of benzene rings is 1. The molecule has 4 heteroatoms. The summed E-state index contributed by atoms with van der Waals surface area (Å²) in [5, 5.41) is 1.03. The van der Waals surface area contributed by atoms with Crippen LogP contribution in [0.25, 0.3) is 11.3 Å². The Morgan fingerprint density at radius 1 is 0.929 bits per heavy atom. The lowest BCUT2D eigenvalue weighted by molar-refractivity contribution is 1.21. The highest BCUT2D eigenvalue weighted by Gasteiger charge is 2.03. The van der Waals surface area contributed by atoms with Gasteiger partial charge in [0.1, 0.15) is 5.15 Å². The summed E-state index contributed by atoms with van der Waals surface area (Å²) in [7, 11) is 0. The second kappa shape index (κ2) is 3.95. The Hall–Kier alpha value is -1.12. The van der Waals surface area contributed by atoms with E-state index in [0.29, 0.717) is 10.2 Å². The quantitative estimate of drug-likeness (QED) is 0.742. The van der Waals surface area contributed by atoms with E-state index in [9.17, 15) is 0 Å². The Labute approximate surface area is 91.5 Å². The normalized spacial score (nSPS) is 10.1. The number of halogens is 2. The standard InChI is InChI=1S/C10H6Cl2N2/c11-8-4-2-1-3-7(8)9-5-14-10(12)6-13-9/h1-6H. The molecule has 1 aromatic heterocycles. The summed E-state index contributed by atoms with van der Waals surface area (Å²) < 4.78 is 0. The topological polar surface area (TPSA) is 25.8 Å². The molecule has 0 bridgehead atoms. The fourth-order valence-electron chi connectivity index (χ4n) is 1.12. The molecule has 0 aliphatic carbocycles. The average molecular weight is 225 g/mol. The van der Waals surface area contributed by atoms with E-state index in [-0.39, 0.29) is 0 Å². The number of nitrogens with zero attached hydrogens (tertiary/aromatic N) is 2. The first-order chi connectivity index (χ1) is 6.77. The van der Waals surface area contributed by atoms with Crippen LogP contribution in [0.2, 0.25) is 10.2 Å². The Morgan fingerprint density at radius 2 is 1.71 bits per heavy atom. The maximum atomic E-state index is 6.00. The molecule has 1 heterocycles. The summed E-state index contributed by atoms with van der Waals surface area (Å²) in [4.78, 5) is 8.07. The first-order valence-electron chi connectivity index (χ1n) is 4.00. The van der Waals surface area contributed by atoms with E-state index < -0.39 is 0 Å². The lowest BCUT2D eigenvalue weighted by Gasteiger charge is -2.01. The molecule has 0 N–H and O–H groups in total. The van der Waals surface area contributed by atoms with Crippen LogP contribution in [-0.4, -0.2) is 9.97 Å². The molecular weight excluding hydrogens is 219 g/mol. The van der Waals surface area contributed by atoms with Gasteiger partial charge >= 0.3 is 0 Å². The van der Waals surface area contributed by atoms with Crippen LogP contribution < -0.4 is 0 Å². The van der Waals surface area contributed by atoms with Crippen LogP contribution >= 0.6 is 23.2 Å². The smallest absolute Gasteiger partial charge is 0.147 e. The van der Waals surface area contributed by atoms with Gasteiger partial charge in [0.05, 0.1) is 23.1 Å². The van der Waals surface area contributed by atoms with Gasteiger partial charge < -0.3 is 0 Å². The summed E-state index contributed by atoms with van der Waals surface area (Å²) in [5.41, 5.74) is 1.58. The van der Waals surface area contributed by atoms with Crippen molar-refractivity contribution in [3.8, 4) is 11.3 Å². The van der Waals surface area contributed by atoms with Crippen LogP contribution in [0.4, 0.5) is 0 Å². The van der Waals surface area contributed by atoms with Crippen LogP contribution in [-0.2, 0) is 0 Å². The number of rotatable bonds is 1. The SMILES string of the molecule is Clc1cnc(-c2ccccc2Cl)cn1. The van der Waals surface area contributed by atoms with Gasteiger partial charge in [0.2, 0.25) is 0 Å². The molecule has 0 amide bonds. The molecule has 0 spiro atoms. The number of hydrogen-bond acceptors (Lipinski definition) is 2. The van der Waals surface area contributed by atoms with Crippen molar-refractivity contribution in [1.82, 2.24) is 9.97 Å². The minimum absolute atomic E-state index is 0.376. The Kier molecular flexibility index (Phi) is 2.66.